The molecular formula is C30H26N6O3S. The van der Waals surface area contributed by atoms with Gasteiger partial charge in [-0.1, -0.05) is 29.8 Å². The van der Waals surface area contributed by atoms with Crippen LogP contribution in [0.4, 0.5) is 5.82 Å². The summed E-state index contributed by atoms with van der Waals surface area (Å²) in [5, 5.41) is 5.04. The van der Waals surface area contributed by atoms with Gasteiger partial charge in [0.25, 0.3) is 10.0 Å². The third-order valence-electron chi connectivity index (χ3n) is 7.50. The number of nitrogen functional groups attached to an aromatic ring is 1. The van der Waals surface area contributed by atoms with Crippen LogP contribution in [0.3, 0.4) is 0 Å². The predicted octanol–water partition coefficient (Wildman–Crippen LogP) is 5.25. The van der Waals surface area contributed by atoms with Crippen molar-refractivity contribution in [3.05, 3.63) is 101 Å². The predicted molar refractivity (Wildman–Crippen MR) is 153 cm³/mol. The number of anilines is 1. The van der Waals surface area contributed by atoms with Gasteiger partial charge in [-0.3, -0.25) is 4.79 Å². The van der Waals surface area contributed by atoms with Gasteiger partial charge in [-0.15, -0.1) is 0 Å². The van der Waals surface area contributed by atoms with Gasteiger partial charge in [0.2, 0.25) is 5.78 Å². The van der Waals surface area contributed by atoms with E-state index in [1.165, 1.54) is 10.9 Å². The summed E-state index contributed by atoms with van der Waals surface area (Å²) >= 11 is 0. The molecule has 0 saturated heterocycles. The van der Waals surface area contributed by atoms with Crippen LogP contribution in [0.5, 0.6) is 0 Å². The summed E-state index contributed by atoms with van der Waals surface area (Å²) in [6.07, 6.45) is 3.53. The first-order valence-electron chi connectivity index (χ1n) is 13.0. The van der Waals surface area contributed by atoms with Gasteiger partial charge in [0.15, 0.2) is 0 Å². The molecule has 6 aromatic rings. The maximum Gasteiger partial charge on any atom is 0.268 e. The molecule has 1 saturated carbocycles. The molecule has 3 aromatic heterocycles. The van der Waals surface area contributed by atoms with E-state index in [0.717, 1.165) is 44.8 Å². The highest BCUT2D eigenvalue weighted by atomic mass is 32.2. The van der Waals surface area contributed by atoms with Gasteiger partial charge in [-0.05, 0) is 80.6 Å². The van der Waals surface area contributed by atoms with E-state index in [1.807, 2.05) is 50.2 Å². The van der Waals surface area contributed by atoms with Gasteiger partial charge in [0.1, 0.15) is 17.3 Å². The minimum absolute atomic E-state index is 0.00872. The van der Waals surface area contributed by atoms with Crippen LogP contribution in [0.15, 0.2) is 77.8 Å². The van der Waals surface area contributed by atoms with Gasteiger partial charge < -0.3 is 10.7 Å². The molecule has 0 amide bonds. The molecule has 0 aliphatic heterocycles. The number of nitrogens with two attached hydrogens (primary N) is 1. The lowest BCUT2D eigenvalue weighted by Crippen LogP contribution is -2.19. The summed E-state index contributed by atoms with van der Waals surface area (Å²) in [5.41, 5.74) is 11.3. The molecule has 3 N–H and O–H groups in total. The first-order valence-corrected chi connectivity index (χ1v) is 14.5. The fourth-order valence-electron chi connectivity index (χ4n) is 5.23. The first kappa shape index (κ1) is 24.3. The van der Waals surface area contributed by atoms with Crippen molar-refractivity contribution < 1.29 is 13.2 Å². The number of nitrogens with zero attached hydrogens (tertiary/aromatic N) is 4. The van der Waals surface area contributed by atoms with Crippen molar-refractivity contribution in [1.29, 1.82) is 0 Å². The lowest BCUT2D eigenvalue weighted by atomic mass is 10.1. The number of imidazole rings is 1. The molecule has 1 aliphatic rings. The van der Waals surface area contributed by atoms with Crippen molar-refractivity contribution in [2.45, 2.75) is 37.5 Å². The van der Waals surface area contributed by atoms with Crippen LogP contribution in [0, 0.1) is 13.8 Å². The molecule has 200 valence electrons. The Labute approximate surface area is 230 Å². The minimum atomic E-state index is -4.11. The number of hydrogen-bond donors (Lipinski definition) is 2. The lowest BCUT2D eigenvalue weighted by molar-refractivity contribution is 0.103. The van der Waals surface area contributed by atoms with E-state index in [4.69, 9.17) is 5.73 Å². The average molecular weight is 551 g/mol. The smallest absolute Gasteiger partial charge is 0.268 e. The standard InChI is InChI=1S/C30H26N6O3S/c1-17-3-10-23(11-4-17)40(38,39)36-27-13-20(19-5-6-19)7-8-21(27)14-28(36)29(37)24-16-32-35(30(24)31)22-9-12-25-26(15-22)34-18(2)33-25/h3-4,7-16,19H,5-6,31H2,1-2H3,(H,33,34). The number of rotatable bonds is 6. The maximum absolute atomic E-state index is 14.1. The molecule has 3 heterocycles. The number of hydrogen-bond acceptors (Lipinski definition) is 6. The van der Waals surface area contributed by atoms with E-state index in [2.05, 4.69) is 15.1 Å². The Morgan fingerprint density at radius 2 is 1.77 bits per heavy atom. The van der Waals surface area contributed by atoms with Crippen molar-refractivity contribution >= 4 is 43.6 Å². The van der Waals surface area contributed by atoms with Gasteiger partial charge in [0, 0.05) is 5.39 Å². The van der Waals surface area contributed by atoms with Gasteiger partial charge >= 0.3 is 0 Å². The van der Waals surface area contributed by atoms with E-state index < -0.39 is 15.8 Å². The minimum Gasteiger partial charge on any atom is -0.383 e. The number of fused-ring (bicyclic) bond motifs is 2. The summed E-state index contributed by atoms with van der Waals surface area (Å²) in [6.45, 7) is 3.76. The SMILES string of the molecule is Cc1ccc(S(=O)(=O)n2c(C(=O)c3cnn(-c4ccc5nc(C)[nH]c5c4)c3N)cc3ccc(C4CC4)cc32)cc1. The van der Waals surface area contributed by atoms with E-state index in [0.29, 0.717) is 22.5 Å². The highest BCUT2D eigenvalue weighted by Crippen LogP contribution is 2.41. The highest BCUT2D eigenvalue weighted by molar-refractivity contribution is 7.90. The fourth-order valence-corrected chi connectivity index (χ4v) is 6.73. The van der Waals surface area contributed by atoms with Crippen LogP contribution in [0.1, 0.15) is 51.8 Å². The van der Waals surface area contributed by atoms with Crippen LogP contribution in [-0.4, -0.2) is 37.9 Å². The third kappa shape index (κ3) is 3.83. The number of carbonyl (C=O) groups excluding carboxylic acids is 1. The fraction of sp³-hybridized carbons (Fsp3) is 0.167. The number of H-pyrrole nitrogens is 1. The average Bonchev–Trinajstić information content (AvgIpc) is 3.44. The number of aromatic nitrogens is 5. The summed E-state index contributed by atoms with van der Waals surface area (Å²) in [5.74, 6) is 0.786. The molecule has 1 aliphatic carbocycles. The number of carbonyl (C=O) groups is 1. The third-order valence-corrected chi connectivity index (χ3v) is 9.25. The summed E-state index contributed by atoms with van der Waals surface area (Å²) in [4.78, 5) is 21.8. The number of aryl methyl sites for hydroxylation is 2. The second-order valence-electron chi connectivity index (χ2n) is 10.4. The normalized spacial score (nSPS) is 13.8. The lowest BCUT2D eigenvalue weighted by Gasteiger charge is -2.12. The number of aromatic amines is 1. The zero-order valence-electron chi connectivity index (χ0n) is 21.9. The zero-order chi connectivity index (χ0) is 27.8. The van der Waals surface area contributed by atoms with E-state index in [1.54, 1.807) is 30.3 Å². The van der Waals surface area contributed by atoms with E-state index >= 15 is 0 Å². The van der Waals surface area contributed by atoms with Crippen LogP contribution in [0.2, 0.25) is 0 Å². The van der Waals surface area contributed by atoms with Gasteiger partial charge in [-0.2, -0.15) is 5.10 Å². The number of ketones is 1. The molecular weight excluding hydrogens is 524 g/mol. The molecule has 0 bridgehead atoms. The van der Waals surface area contributed by atoms with Crippen LogP contribution < -0.4 is 5.73 Å². The molecule has 7 rings (SSSR count). The van der Waals surface area contributed by atoms with Gasteiger partial charge in [0.05, 0.1) is 38.9 Å². The molecule has 0 unspecified atom stereocenters. The quantitative estimate of drug-likeness (QED) is 0.273. The molecule has 40 heavy (non-hydrogen) atoms. The van der Waals surface area contributed by atoms with E-state index in [-0.39, 0.29) is 22.0 Å². The Morgan fingerprint density at radius 1 is 1.00 bits per heavy atom. The second kappa shape index (κ2) is 8.65. The number of nitrogens with one attached hydrogen (secondary N) is 1. The van der Waals surface area contributed by atoms with Crippen molar-refractivity contribution in [3.63, 3.8) is 0 Å². The maximum atomic E-state index is 14.1. The van der Waals surface area contributed by atoms with Crippen LogP contribution in [0.25, 0.3) is 27.6 Å². The first-order chi connectivity index (χ1) is 19.2. The monoisotopic (exact) mass is 550 g/mol. The molecule has 9 nitrogen and oxygen atoms in total. The molecule has 1 fully saturated rings. The Bertz CT molecular complexity index is 2080. The zero-order valence-corrected chi connectivity index (χ0v) is 22.7. The molecule has 10 heteroatoms. The number of benzene rings is 3. The Balaban J connectivity index is 1.38. The Hall–Kier alpha value is -4.70. The van der Waals surface area contributed by atoms with Crippen molar-refractivity contribution in [3.8, 4) is 5.69 Å². The summed E-state index contributed by atoms with van der Waals surface area (Å²) < 4.78 is 30.8. The summed E-state index contributed by atoms with van der Waals surface area (Å²) in [7, 11) is -4.11. The van der Waals surface area contributed by atoms with Crippen molar-refractivity contribution in [2.24, 2.45) is 0 Å². The summed E-state index contributed by atoms with van der Waals surface area (Å²) in [6, 6.07) is 19.5. The molecule has 0 atom stereocenters. The molecule has 0 spiro atoms. The Morgan fingerprint density at radius 3 is 2.52 bits per heavy atom. The van der Waals surface area contributed by atoms with Crippen molar-refractivity contribution in [2.75, 3.05) is 5.73 Å². The van der Waals surface area contributed by atoms with Crippen LogP contribution in [-0.2, 0) is 10.0 Å². The largest absolute Gasteiger partial charge is 0.383 e. The topological polar surface area (TPSA) is 129 Å². The molecule has 3 aromatic carbocycles. The second-order valence-corrected chi connectivity index (χ2v) is 12.2. The Kier molecular flexibility index (Phi) is 5.27. The highest BCUT2D eigenvalue weighted by Gasteiger charge is 2.31. The van der Waals surface area contributed by atoms with Crippen LogP contribution >= 0.6 is 0 Å². The van der Waals surface area contributed by atoms with Gasteiger partial charge in [-0.25, -0.2) is 22.1 Å². The van der Waals surface area contributed by atoms with E-state index in [9.17, 15) is 13.2 Å². The van der Waals surface area contributed by atoms with Crippen molar-refractivity contribution in [1.82, 2.24) is 23.7 Å². The molecule has 0 radical (unpaired) electrons.